The van der Waals surface area contributed by atoms with Crippen molar-refractivity contribution in [1.82, 2.24) is 4.98 Å². The van der Waals surface area contributed by atoms with E-state index in [0.29, 0.717) is 17.2 Å². The molecule has 5 rings (SSSR count). The fourth-order valence-electron chi connectivity index (χ4n) is 3.73. The van der Waals surface area contributed by atoms with Crippen LogP contribution in [0.1, 0.15) is 11.3 Å². The smallest absolute Gasteiger partial charge is 0.230 e. The minimum Gasteiger partial charge on any atom is -0.455 e. The molecule has 35 heavy (non-hydrogen) atoms. The molecule has 0 saturated heterocycles. The molecule has 0 fully saturated rings. The molecule has 0 spiro atoms. The lowest BCUT2D eigenvalue weighted by atomic mass is 10.1. The number of nitrogens with one attached hydrogen (secondary N) is 1. The van der Waals surface area contributed by atoms with Crippen molar-refractivity contribution >= 4 is 22.9 Å². The van der Waals surface area contributed by atoms with Gasteiger partial charge in [0.25, 0.3) is 0 Å². The number of carbonyl (C=O) groups is 1. The topological polar surface area (TPSA) is 51.2 Å². The number of ether oxygens (including phenoxy) is 1. The van der Waals surface area contributed by atoms with Crippen LogP contribution in [0.25, 0.3) is 21.0 Å². The molecule has 1 amide bonds. The lowest BCUT2D eigenvalue weighted by molar-refractivity contribution is -0.115. The summed E-state index contributed by atoms with van der Waals surface area (Å²) in [5, 5.41) is 3.92. The normalized spacial score (nSPS) is 10.7. The Labute approximate surface area is 208 Å². The van der Waals surface area contributed by atoms with E-state index < -0.39 is 0 Å². The molecule has 1 heterocycles. The van der Waals surface area contributed by atoms with Crippen LogP contribution in [0.4, 0.5) is 5.69 Å². The zero-order valence-corrected chi connectivity index (χ0v) is 20.1. The van der Waals surface area contributed by atoms with E-state index in [1.54, 1.807) is 11.3 Å². The minimum atomic E-state index is -0.146. The van der Waals surface area contributed by atoms with Crippen LogP contribution in [0.15, 0.2) is 109 Å². The molecule has 0 aliphatic rings. The van der Waals surface area contributed by atoms with Gasteiger partial charge in [-0.2, -0.15) is 0 Å². The molecule has 0 aliphatic carbocycles. The Bertz CT molecular complexity index is 1430. The first-order chi connectivity index (χ1) is 17.2. The summed E-state index contributed by atoms with van der Waals surface area (Å²) in [5.74, 6) is 1.16. The van der Waals surface area contributed by atoms with E-state index in [9.17, 15) is 4.79 Å². The maximum Gasteiger partial charge on any atom is 0.230 e. The second-order valence-corrected chi connectivity index (χ2v) is 9.16. The molecule has 1 N–H and O–H groups in total. The van der Waals surface area contributed by atoms with Gasteiger partial charge in [0.1, 0.15) is 10.8 Å². The molecule has 0 bridgehead atoms. The summed E-state index contributed by atoms with van der Waals surface area (Å²) in [7, 11) is 0. The highest BCUT2D eigenvalue weighted by atomic mass is 32.1. The van der Waals surface area contributed by atoms with Crippen molar-refractivity contribution in [3.05, 3.63) is 120 Å². The average molecular weight is 477 g/mol. The third kappa shape index (κ3) is 5.48. The molecular weight excluding hydrogens is 452 g/mol. The van der Waals surface area contributed by atoms with Gasteiger partial charge in [0.15, 0.2) is 5.75 Å². The van der Waals surface area contributed by atoms with Gasteiger partial charge in [0.05, 0.1) is 22.7 Å². The van der Waals surface area contributed by atoms with Gasteiger partial charge >= 0.3 is 0 Å². The van der Waals surface area contributed by atoms with Gasteiger partial charge in [0, 0.05) is 5.56 Å². The summed E-state index contributed by atoms with van der Waals surface area (Å²) in [6.07, 6.45) is 0.159. The molecule has 0 saturated carbocycles. The van der Waals surface area contributed by atoms with E-state index in [0.717, 1.165) is 26.7 Å². The second kappa shape index (κ2) is 10.4. The van der Waals surface area contributed by atoms with E-state index in [-0.39, 0.29) is 12.3 Å². The predicted octanol–water partition coefficient (Wildman–Crippen LogP) is 7.76. The first-order valence-electron chi connectivity index (χ1n) is 11.4. The highest BCUT2D eigenvalue weighted by Crippen LogP contribution is 2.36. The van der Waals surface area contributed by atoms with Crippen molar-refractivity contribution < 1.29 is 9.53 Å². The van der Waals surface area contributed by atoms with E-state index in [1.165, 1.54) is 5.56 Å². The Morgan fingerprint density at radius 1 is 0.800 bits per heavy atom. The zero-order valence-electron chi connectivity index (χ0n) is 19.3. The Morgan fingerprint density at radius 2 is 1.46 bits per heavy atom. The van der Waals surface area contributed by atoms with E-state index >= 15 is 0 Å². The molecule has 4 nitrogen and oxygen atoms in total. The first-order valence-corrected chi connectivity index (χ1v) is 12.2. The van der Waals surface area contributed by atoms with E-state index in [2.05, 4.69) is 36.5 Å². The maximum atomic E-state index is 13.2. The van der Waals surface area contributed by atoms with Crippen molar-refractivity contribution in [2.24, 2.45) is 0 Å². The Kier molecular flexibility index (Phi) is 6.68. The Hall–Kier alpha value is -4.22. The SMILES string of the molecule is Cc1ccc(-c2sc(-c3ccccc3)nc2CC(=O)Nc2ccccc2Oc2ccccc2)cc1. The summed E-state index contributed by atoms with van der Waals surface area (Å²) in [4.78, 5) is 19.1. The van der Waals surface area contributed by atoms with Gasteiger partial charge < -0.3 is 10.1 Å². The molecule has 0 radical (unpaired) electrons. The molecule has 172 valence electrons. The standard InChI is InChI=1S/C30H24N2O2S/c1-21-16-18-22(19-17-21)29-26(32-30(35-29)23-10-4-2-5-11-23)20-28(33)31-25-14-8-9-15-27(25)34-24-12-6-3-7-13-24/h2-19H,20H2,1H3,(H,31,33). The largest absolute Gasteiger partial charge is 0.455 e. The number of benzene rings is 4. The lowest BCUT2D eigenvalue weighted by Crippen LogP contribution is -2.15. The first kappa shape index (κ1) is 22.6. The monoisotopic (exact) mass is 476 g/mol. The number of nitrogens with zero attached hydrogens (tertiary/aromatic N) is 1. The van der Waals surface area contributed by atoms with E-state index in [1.807, 2.05) is 84.9 Å². The summed E-state index contributed by atoms with van der Waals surface area (Å²) in [6.45, 7) is 2.06. The molecule has 1 aromatic heterocycles. The number of thiazole rings is 1. The summed E-state index contributed by atoms with van der Waals surface area (Å²) < 4.78 is 6.00. The van der Waals surface area contributed by atoms with Crippen LogP contribution in [-0.4, -0.2) is 10.9 Å². The summed E-state index contributed by atoms with van der Waals surface area (Å²) in [5.41, 5.74) is 4.68. The number of rotatable bonds is 7. The number of para-hydroxylation sites is 3. The molecule has 5 heteroatoms. The number of carbonyl (C=O) groups excluding carboxylic acids is 1. The number of anilines is 1. The molecule has 5 aromatic rings. The van der Waals surface area contributed by atoms with Gasteiger partial charge in [-0.3, -0.25) is 4.79 Å². The Balaban J connectivity index is 1.41. The number of hydrogen-bond donors (Lipinski definition) is 1. The highest BCUT2D eigenvalue weighted by Gasteiger charge is 2.18. The van der Waals surface area contributed by atoms with Gasteiger partial charge in [-0.15, -0.1) is 11.3 Å². The van der Waals surface area contributed by atoms with E-state index in [4.69, 9.17) is 9.72 Å². The number of hydrogen-bond acceptors (Lipinski definition) is 4. The minimum absolute atomic E-state index is 0.146. The van der Waals surface area contributed by atoms with Crippen molar-refractivity contribution in [3.63, 3.8) is 0 Å². The van der Waals surface area contributed by atoms with Crippen molar-refractivity contribution in [3.8, 4) is 32.5 Å². The van der Waals surface area contributed by atoms with Gasteiger partial charge in [-0.1, -0.05) is 90.5 Å². The van der Waals surface area contributed by atoms with Crippen LogP contribution in [-0.2, 0) is 11.2 Å². The molecule has 0 unspecified atom stereocenters. The molecule has 0 aliphatic heterocycles. The van der Waals surface area contributed by atoms with Crippen LogP contribution in [0, 0.1) is 6.92 Å². The highest BCUT2D eigenvalue weighted by molar-refractivity contribution is 7.18. The molecular formula is C30H24N2O2S. The number of amides is 1. The van der Waals surface area contributed by atoms with Crippen LogP contribution in [0.3, 0.4) is 0 Å². The second-order valence-electron chi connectivity index (χ2n) is 8.16. The van der Waals surface area contributed by atoms with Gasteiger partial charge in [0.2, 0.25) is 5.91 Å². The van der Waals surface area contributed by atoms with Crippen LogP contribution in [0.2, 0.25) is 0 Å². The summed E-state index contributed by atoms with van der Waals surface area (Å²) in [6, 6.07) is 35.4. The van der Waals surface area contributed by atoms with Gasteiger partial charge in [-0.25, -0.2) is 4.98 Å². The third-order valence-corrected chi connectivity index (χ3v) is 6.69. The third-order valence-electron chi connectivity index (χ3n) is 5.49. The summed E-state index contributed by atoms with van der Waals surface area (Å²) >= 11 is 1.61. The lowest BCUT2D eigenvalue weighted by Gasteiger charge is -2.12. The fraction of sp³-hybridized carbons (Fsp3) is 0.0667. The molecule has 0 atom stereocenters. The quantitative estimate of drug-likeness (QED) is 0.261. The Morgan fingerprint density at radius 3 is 2.20 bits per heavy atom. The van der Waals surface area contributed by atoms with Crippen LogP contribution < -0.4 is 10.1 Å². The fourth-order valence-corrected chi connectivity index (χ4v) is 4.82. The van der Waals surface area contributed by atoms with Crippen molar-refractivity contribution in [1.29, 1.82) is 0 Å². The molecule has 4 aromatic carbocycles. The van der Waals surface area contributed by atoms with Crippen molar-refractivity contribution in [2.45, 2.75) is 13.3 Å². The zero-order chi connectivity index (χ0) is 24.0. The number of aryl methyl sites for hydroxylation is 1. The average Bonchev–Trinajstić information content (AvgIpc) is 3.30. The van der Waals surface area contributed by atoms with Crippen LogP contribution >= 0.6 is 11.3 Å². The predicted molar refractivity (Wildman–Crippen MR) is 143 cm³/mol. The van der Waals surface area contributed by atoms with Crippen molar-refractivity contribution in [2.75, 3.05) is 5.32 Å². The maximum absolute atomic E-state index is 13.2. The van der Waals surface area contributed by atoms with Crippen LogP contribution in [0.5, 0.6) is 11.5 Å². The number of aromatic nitrogens is 1. The van der Waals surface area contributed by atoms with Gasteiger partial charge in [-0.05, 0) is 36.8 Å².